The summed E-state index contributed by atoms with van der Waals surface area (Å²) in [5, 5.41) is 0. The van der Waals surface area contributed by atoms with E-state index in [9.17, 15) is 19.0 Å². The third kappa shape index (κ3) is 65.0. The van der Waals surface area contributed by atoms with Crippen molar-refractivity contribution in [1.29, 1.82) is 0 Å². The molecule has 0 aromatic carbocycles. The van der Waals surface area contributed by atoms with Gasteiger partial charge in [-0.25, -0.2) is 0 Å². The summed E-state index contributed by atoms with van der Waals surface area (Å²) in [5.74, 6) is -0.850. The number of likely N-dealkylation sites (N-methyl/N-ethyl adjacent to an activating group) is 1. The smallest absolute Gasteiger partial charge is 0.306 e. The van der Waals surface area contributed by atoms with E-state index in [4.69, 9.17) is 18.5 Å². The molecule has 0 aromatic heterocycles. The minimum atomic E-state index is -4.64. The minimum Gasteiger partial charge on any atom is -0.756 e. The highest BCUT2D eigenvalue weighted by atomic mass is 31.2. The van der Waals surface area contributed by atoms with E-state index in [2.05, 4.69) is 62.5 Å². The third-order valence-electron chi connectivity index (χ3n) is 15.1. The van der Waals surface area contributed by atoms with Gasteiger partial charge >= 0.3 is 11.9 Å². The number of esters is 2. The van der Waals surface area contributed by atoms with Gasteiger partial charge in [0.1, 0.15) is 19.8 Å². The van der Waals surface area contributed by atoms with Gasteiger partial charge in [0.15, 0.2) is 6.10 Å². The summed E-state index contributed by atoms with van der Waals surface area (Å²) in [4.78, 5) is 37.9. The highest BCUT2D eigenvalue weighted by molar-refractivity contribution is 7.45. The van der Waals surface area contributed by atoms with Crippen LogP contribution in [0, 0.1) is 0 Å². The molecule has 2 unspecified atom stereocenters. The van der Waals surface area contributed by atoms with E-state index < -0.39 is 26.5 Å². The maximum atomic E-state index is 12.8. The average molecular weight is 1130 g/mol. The van der Waals surface area contributed by atoms with Crippen molar-refractivity contribution in [3.63, 3.8) is 0 Å². The Hall–Kier alpha value is -2.03. The Balaban J connectivity index is 3.89. The molecule has 0 saturated heterocycles. The standard InChI is InChI=1S/C69H130NO8P/c1-6-8-10-12-14-16-18-20-22-24-25-26-27-28-29-30-31-32-33-34-35-36-37-38-39-40-41-42-43-44-46-47-49-51-53-55-57-59-61-68(71)75-65-67(66-77-79(73,74)76-64-63-70(3,4)5)78-69(72)62-60-58-56-54-52-50-48-45-23-21-19-17-15-13-11-9-7-2/h9,11,15,17,21,23,48,50,67H,6-8,10,12-14,16,18-20,22,24-47,49,51-66H2,1-5H3/b11-9-,17-15-,23-21-,50-48-. The molecule has 0 amide bonds. The molecule has 0 bridgehead atoms. The highest BCUT2D eigenvalue weighted by Gasteiger charge is 2.22. The molecule has 0 N–H and O–H groups in total. The van der Waals surface area contributed by atoms with Gasteiger partial charge in [-0.3, -0.25) is 14.2 Å². The second-order valence-corrected chi connectivity index (χ2v) is 25.6. The zero-order chi connectivity index (χ0) is 57.7. The molecule has 9 nitrogen and oxygen atoms in total. The largest absolute Gasteiger partial charge is 0.756 e. The summed E-state index contributed by atoms with van der Waals surface area (Å²) in [7, 11) is 1.16. The van der Waals surface area contributed by atoms with E-state index in [0.29, 0.717) is 17.4 Å². The molecular weight excluding hydrogens is 1000 g/mol. The Morgan fingerprint density at radius 2 is 0.722 bits per heavy atom. The van der Waals surface area contributed by atoms with Crippen LogP contribution in [0.1, 0.15) is 328 Å². The number of rotatable bonds is 63. The molecule has 0 saturated carbocycles. The highest BCUT2D eigenvalue weighted by Crippen LogP contribution is 2.38. The number of allylic oxidation sites excluding steroid dienone is 8. The van der Waals surface area contributed by atoms with Crippen LogP contribution in [0.5, 0.6) is 0 Å². The van der Waals surface area contributed by atoms with Crippen molar-refractivity contribution in [1.82, 2.24) is 0 Å². The fourth-order valence-corrected chi connectivity index (χ4v) is 10.7. The quantitative estimate of drug-likeness (QED) is 0.0195. The zero-order valence-corrected chi connectivity index (χ0v) is 53.7. The van der Waals surface area contributed by atoms with Gasteiger partial charge in [0, 0.05) is 12.8 Å². The minimum absolute atomic E-state index is 0.0359. The summed E-state index contributed by atoms with van der Waals surface area (Å²) in [6.45, 7) is 4.14. The van der Waals surface area contributed by atoms with E-state index in [-0.39, 0.29) is 32.0 Å². The number of hydrogen-bond acceptors (Lipinski definition) is 8. The lowest BCUT2D eigenvalue weighted by Gasteiger charge is -2.28. The first-order valence-corrected chi connectivity index (χ1v) is 35.3. The van der Waals surface area contributed by atoms with Crippen molar-refractivity contribution in [2.75, 3.05) is 47.5 Å². The van der Waals surface area contributed by atoms with E-state index in [1.807, 2.05) is 21.1 Å². The fraction of sp³-hybridized carbons (Fsp3) is 0.855. The Morgan fingerprint density at radius 3 is 1.08 bits per heavy atom. The number of hydrogen-bond donors (Lipinski definition) is 0. The number of quaternary nitrogens is 1. The van der Waals surface area contributed by atoms with E-state index in [0.717, 1.165) is 70.6 Å². The zero-order valence-electron chi connectivity index (χ0n) is 52.8. The molecule has 0 heterocycles. The SMILES string of the molecule is CC/C=C\C/C=C\C/C=C\C/C=C\CCCCCCC(=O)OC(COC(=O)CCCCCCCCCCCCCCCCCCCCCCCCCCCCCCCCCCCCCCCC)COP(=O)([O-])OCC[N+](C)(C)C. The van der Waals surface area contributed by atoms with Crippen molar-refractivity contribution < 1.29 is 42.1 Å². The van der Waals surface area contributed by atoms with Crippen molar-refractivity contribution in [2.45, 2.75) is 335 Å². The molecule has 0 fully saturated rings. The lowest BCUT2D eigenvalue weighted by atomic mass is 10.0. The number of ether oxygens (including phenoxy) is 2. The molecule has 0 spiro atoms. The third-order valence-corrected chi connectivity index (χ3v) is 16.1. The number of phosphoric acid groups is 1. The molecule has 0 radical (unpaired) electrons. The first kappa shape index (κ1) is 77.0. The molecular formula is C69H130NO8P. The van der Waals surface area contributed by atoms with Crippen LogP contribution in [0.15, 0.2) is 48.6 Å². The summed E-state index contributed by atoms with van der Waals surface area (Å²) in [6.07, 6.45) is 78.0. The molecule has 0 aromatic rings. The van der Waals surface area contributed by atoms with Crippen LogP contribution in [0.4, 0.5) is 0 Å². The molecule has 0 aliphatic heterocycles. The molecule has 10 heteroatoms. The van der Waals surface area contributed by atoms with E-state index in [1.165, 1.54) is 225 Å². The van der Waals surface area contributed by atoms with E-state index >= 15 is 0 Å². The van der Waals surface area contributed by atoms with Crippen LogP contribution in [-0.2, 0) is 32.7 Å². The molecule has 0 aliphatic rings. The van der Waals surface area contributed by atoms with Crippen LogP contribution in [-0.4, -0.2) is 70.0 Å². The van der Waals surface area contributed by atoms with Gasteiger partial charge in [0.25, 0.3) is 7.82 Å². The van der Waals surface area contributed by atoms with Crippen molar-refractivity contribution in [3.8, 4) is 0 Å². The second-order valence-electron chi connectivity index (χ2n) is 24.2. The number of phosphoric ester groups is 1. The lowest BCUT2D eigenvalue weighted by molar-refractivity contribution is -0.870. The van der Waals surface area contributed by atoms with Crippen molar-refractivity contribution in [2.24, 2.45) is 0 Å². The Morgan fingerprint density at radius 1 is 0.405 bits per heavy atom. The molecule has 0 rings (SSSR count). The Bertz CT molecular complexity index is 1470. The van der Waals surface area contributed by atoms with Crippen LogP contribution >= 0.6 is 7.82 Å². The molecule has 0 aliphatic carbocycles. The second kappa shape index (κ2) is 60.6. The monoisotopic (exact) mass is 1130 g/mol. The van der Waals surface area contributed by atoms with Crippen molar-refractivity contribution >= 4 is 19.8 Å². The van der Waals surface area contributed by atoms with Gasteiger partial charge in [0.05, 0.1) is 27.7 Å². The number of carbonyl (C=O) groups excluding carboxylic acids is 2. The van der Waals surface area contributed by atoms with E-state index in [1.54, 1.807) is 0 Å². The molecule has 79 heavy (non-hydrogen) atoms. The van der Waals surface area contributed by atoms with Crippen LogP contribution in [0.3, 0.4) is 0 Å². The fourth-order valence-electron chi connectivity index (χ4n) is 9.95. The van der Waals surface area contributed by atoms with Gasteiger partial charge in [-0.2, -0.15) is 0 Å². The number of carbonyl (C=O) groups is 2. The van der Waals surface area contributed by atoms with Crippen LogP contribution < -0.4 is 4.89 Å². The summed E-state index contributed by atoms with van der Waals surface area (Å²) in [6, 6.07) is 0. The summed E-state index contributed by atoms with van der Waals surface area (Å²) < 4.78 is 34.2. The number of unbranched alkanes of at least 4 members (excludes halogenated alkanes) is 41. The first-order chi connectivity index (χ1) is 38.5. The molecule has 464 valence electrons. The lowest BCUT2D eigenvalue weighted by Crippen LogP contribution is -2.37. The summed E-state index contributed by atoms with van der Waals surface area (Å²) >= 11 is 0. The topological polar surface area (TPSA) is 111 Å². The molecule has 2 atom stereocenters. The van der Waals surface area contributed by atoms with Crippen LogP contribution in [0.2, 0.25) is 0 Å². The Kier molecular flexibility index (Phi) is 59.0. The van der Waals surface area contributed by atoms with Gasteiger partial charge in [-0.05, 0) is 51.4 Å². The van der Waals surface area contributed by atoms with Gasteiger partial charge < -0.3 is 27.9 Å². The first-order valence-electron chi connectivity index (χ1n) is 33.8. The normalized spacial score (nSPS) is 13.4. The maximum absolute atomic E-state index is 12.8. The van der Waals surface area contributed by atoms with Gasteiger partial charge in [-0.15, -0.1) is 0 Å². The predicted octanol–water partition coefficient (Wildman–Crippen LogP) is 21.0. The average Bonchev–Trinajstić information content (AvgIpc) is 3.41. The Labute approximate surface area is 490 Å². The van der Waals surface area contributed by atoms with Gasteiger partial charge in [-0.1, -0.05) is 313 Å². The van der Waals surface area contributed by atoms with Gasteiger partial charge in [0.2, 0.25) is 0 Å². The van der Waals surface area contributed by atoms with Crippen molar-refractivity contribution in [3.05, 3.63) is 48.6 Å². The maximum Gasteiger partial charge on any atom is 0.306 e. The number of nitrogens with zero attached hydrogens (tertiary/aromatic N) is 1. The summed E-state index contributed by atoms with van der Waals surface area (Å²) in [5.41, 5.74) is 0. The van der Waals surface area contributed by atoms with Crippen LogP contribution in [0.25, 0.3) is 0 Å². The predicted molar refractivity (Wildman–Crippen MR) is 337 cm³/mol.